The molecule has 0 bridgehead atoms. The lowest BCUT2D eigenvalue weighted by molar-refractivity contribution is -0.0777. The Morgan fingerprint density at radius 2 is 1.71 bits per heavy atom. The fourth-order valence-corrected chi connectivity index (χ4v) is 4.23. The Balaban J connectivity index is 2.17. The van der Waals surface area contributed by atoms with Gasteiger partial charge >= 0.3 is 0 Å². The predicted molar refractivity (Wildman–Crippen MR) is 90.6 cm³/mol. The van der Waals surface area contributed by atoms with Gasteiger partial charge in [0.15, 0.2) is 0 Å². The van der Waals surface area contributed by atoms with E-state index in [0.29, 0.717) is 11.5 Å². The van der Waals surface area contributed by atoms with Crippen molar-refractivity contribution in [3.8, 4) is 0 Å². The van der Waals surface area contributed by atoms with E-state index in [9.17, 15) is 0 Å². The lowest BCUT2D eigenvalue weighted by Crippen LogP contribution is -2.54. The van der Waals surface area contributed by atoms with Gasteiger partial charge in [-0.2, -0.15) is 0 Å². The molecule has 1 unspecified atom stereocenters. The monoisotopic (exact) mass is 293 g/mol. The number of allylic oxidation sites excluding steroid dienone is 1. The van der Waals surface area contributed by atoms with Crippen molar-refractivity contribution in [1.29, 1.82) is 0 Å². The molecule has 0 aliphatic heterocycles. The Hall–Kier alpha value is -0.340. The van der Waals surface area contributed by atoms with E-state index in [0.717, 1.165) is 0 Å². The maximum absolute atomic E-state index is 6.15. The number of likely N-dealkylation sites (N-methyl/N-ethyl adjacent to an activating group) is 1. The van der Waals surface area contributed by atoms with Crippen LogP contribution >= 0.6 is 0 Å². The largest absolute Gasteiger partial charge is 0.376 e. The van der Waals surface area contributed by atoms with Gasteiger partial charge in [-0.25, -0.2) is 0 Å². The summed E-state index contributed by atoms with van der Waals surface area (Å²) in [6.07, 6.45) is 15.4. The summed E-state index contributed by atoms with van der Waals surface area (Å²) >= 11 is 0. The highest BCUT2D eigenvalue weighted by atomic mass is 16.5. The van der Waals surface area contributed by atoms with Crippen LogP contribution in [0.4, 0.5) is 0 Å². The summed E-state index contributed by atoms with van der Waals surface area (Å²) in [7, 11) is 4.04. The van der Waals surface area contributed by atoms with Gasteiger partial charge in [-0.1, -0.05) is 38.3 Å². The van der Waals surface area contributed by atoms with Gasteiger partial charge in [0.1, 0.15) is 0 Å². The SMILES string of the molecule is CNC(C1=CCCCCCC1)C1(OC)CCC(C)(C)CC1. The third kappa shape index (κ3) is 4.10. The number of ether oxygens (including phenoxy) is 1. The highest BCUT2D eigenvalue weighted by Crippen LogP contribution is 2.45. The summed E-state index contributed by atoms with van der Waals surface area (Å²) in [5.74, 6) is 0. The molecule has 1 saturated carbocycles. The highest BCUT2D eigenvalue weighted by Gasteiger charge is 2.44. The van der Waals surface area contributed by atoms with Gasteiger partial charge in [0, 0.05) is 7.11 Å². The third-order valence-electron chi connectivity index (χ3n) is 5.87. The van der Waals surface area contributed by atoms with Crippen molar-refractivity contribution in [1.82, 2.24) is 5.32 Å². The van der Waals surface area contributed by atoms with E-state index < -0.39 is 0 Å². The first kappa shape index (κ1) is 17.0. The first-order chi connectivity index (χ1) is 10.0. The molecule has 2 heteroatoms. The maximum atomic E-state index is 6.15. The summed E-state index contributed by atoms with van der Waals surface area (Å²) < 4.78 is 6.15. The van der Waals surface area contributed by atoms with Crippen LogP contribution in [-0.4, -0.2) is 25.8 Å². The molecular weight excluding hydrogens is 258 g/mol. The van der Waals surface area contributed by atoms with Gasteiger partial charge in [-0.15, -0.1) is 0 Å². The number of rotatable bonds is 4. The second-order valence-electron chi connectivity index (χ2n) is 7.89. The molecule has 0 aromatic heterocycles. The van der Waals surface area contributed by atoms with E-state index in [-0.39, 0.29) is 5.60 Å². The summed E-state index contributed by atoms with van der Waals surface area (Å²) in [6, 6.07) is 0.400. The topological polar surface area (TPSA) is 21.3 Å². The second-order valence-corrected chi connectivity index (χ2v) is 7.89. The van der Waals surface area contributed by atoms with Gasteiger partial charge in [0.2, 0.25) is 0 Å². The molecule has 2 aliphatic carbocycles. The van der Waals surface area contributed by atoms with Crippen molar-refractivity contribution in [3.63, 3.8) is 0 Å². The average molecular weight is 293 g/mol. The Kier molecular flexibility index (Phi) is 5.90. The molecule has 2 nitrogen and oxygen atoms in total. The number of hydrogen-bond donors (Lipinski definition) is 1. The molecule has 1 fully saturated rings. The van der Waals surface area contributed by atoms with Crippen LogP contribution in [0.5, 0.6) is 0 Å². The van der Waals surface area contributed by atoms with E-state index in [1.807, 2.05) is 7.11 Å². The van der Waals surface area contributed by atoms with Crippen LogP contribution < -0.4 is 5.32 Å². The van der Waals surface area contributed by atoms with E-state index in [1.54, 1.807) is 5.57 Å². The molecule has 2 aliphatic rings. The van der Waals surface area contributed by atoms with E-state index in [1.165, 1.54) is 64.2 Å². The van der Waals surface area contributed by atoms with Crippen LogP contribution in [0.25, 0.3) is 0 Å². The molecule has 0 radical (unpaired) electrons. The molecule has 1 N–H and O–H groups in total. The fraction of sp³-hybridized carbons (Fsp3) is 0.895. The van der Waals surface area contributed by atoms with Crippen LogP contribution in [0.1, 0.15) is 78.1 Å². The minimum absolute atomic E-state index is 0.00923. The predicted octanol–water partition coefficient (Wildman–Crippen LogP) is 4.84. The smallest absolute Gasteiger partial charge is 0.0869 e. The van der Waals surface area contributed by atoms with Gasteiger partial charge < -0.3 is 10.1 Å². The lowest BCUT2D eigenvalue weighted by Gasteiger charge is -2.48. The van der Waals surface area contributed by atoms with Crippen molar-refractivity contribution in [3.05, 3.63) is 11.6 Å². The molecule has 2 rings (SSSR count). The molecule has 0 saturated heterocycles. The zero-order valence-corrected chi connectivity index (χ0v) is 14.6. The van der Waals surface area contributed by atoms with Gasteiger partial charge in [-0.3, -0.25) is 0 Å². The molecular formula is C19H35NO. The van der Waals surface area contributed by atoms with Crippen LogP contribution in [0, 0.1) is 5.41 Å². The lowest BCUT2D eigenvalue weighted by atomic mass is 9.67. The minimum atomic E-state index is 0.00923. The molecule has 122 valence electrons. The van der Waals surface area contributed by atoms with Crippen molar-refractivity contribution >= 4 is 0 Å². The Morgan fingerprint density at radius 3 is 2.33 bits per heavy atom. The average Bonchev–Trinajstić information content (AvgIpc) is 2.43. The summed E-state index contributed by atoms with van der Waals surface area (Å²) in [5, 5.41) is 3.62. The Labute approximate surface area is 131 Å². The van der Waals surface area contributed by atoms with Crippen molar-refractivity contribution in [2.75, 3.05) is 14.2 Å². The molecule has 0 spiro atoms. The Morgan fingerprint density at radius 1 is 1.05 bits per heavy atom. The third-order valence-corrected chi connectivity index (χ3v) is 5.87. The molecule has 1 atom stereocenters. The molecule has 0 aromatic carbocycles. The molecule has 0 amide bonds. The van der Waals surface area contributed by atoms with Gasteiger partial charge in [0.25, 0.3) is 0 Å². The van der Waals surface area contributed by atoms with Crippen LogP contribution in [-0.2, 0) is 4.74 Å². The minimum Gasteiger partial charge on any atom is -0.376 e. The zero-order valence-electron chi connectivity index (χ0n) is 14.6. The highest BCUT2D eigenvalue weighted by molar-refractivity contribution is 5.19. The van der Waals surface area contributed by atoms with E-state index in [4.69, 9.17) is 4.74 Å². The first-order valence-electron chi connectivity index (χ1n) is 8.94. The summed E-state index contributed by atoms with van der Waals surface area (Å²) in [5.41, 5.74) is 2.10. The summed E-state index contributed by atoms with van der Waals surface area (Å²) in [4.78, 5) is 0. The fourth-order valence-electron chi connectivity index (χ4n) is 4.23. The Bertz CT molecular complexity index is 349. The maximum Gasteiger partial charge on any atom is 0.0869 e. The second kappa shape index (κ2) is 7.28. The molecule has 0 aromatic rings. The van der Waals surface area contributed by atoms with Crippen molar-refractivity contribution < 1.29 is 4.74 Å². The molecule has 21 heavy (non-hydrogen) atoms. The van der Waals surface area contributed by atoms with Crippen LogP contribution in [0.3, 0.4) is 0 Å². The van der Waals surface area contributed by atoms with Crippen LogP contribution in [0.15, 0.2) is 11.6 Å². The van der Waals surface area contributed by atoms with Gasteiger partial charge in [0.05, 0.1) is 11.6 Å². The first-order valence-corrected chi connectivity index (χ1v) is 8.94. The zero-order chi connectivity index (χ0) is 15.3. The number of hydrogen-bond acceptors (Lipinski definition) is 2. The normalized spacial score (nSPS) is 27.3. The van der Waals surface area contributed by atoms with Crippen molar-refractivity contribution in [2.24, 2.45) is 5.41 Å². The number of methoxy groups -OCH3 is 1. The van der Waals surface area contributed by atoms with E-state index >= 15 is 0 Å². The van der Waals surface area contributed by atoms with Crippen LogP contribution in [0.2, 0.25) is 0 Å². The standard InChI is InChI=1S/C19H35NO/c1-18(2)12-14-19(21-4,15-13-18)17(20-3)16-10-8-6-5-7-9-11-16/h10,17,20H,5-9,11-15H2,1-4H3. The summed E-state index contributed by atoms with van der Waals surface area (Å²) in [6.45, 7) is 4.80. The van der Waals surface area contributed by atoms with E-state index in [2.05, 4.69) is 32.3 Å². The van der Waals surface area contributed by atoms with Gasteiger partial charge in [-0.05, 0) is 63.8 Å². The number of nitrogens with one attached hydrogen (secondary N) is 1. The van der Waals surface area contributed by atoms with Crippen molar-refractivity contribution in [2.45, 2.75) is 89.7 Å². The molecule has 0 heterocycles. The quantitative estimate of drug-likeness (QED) is 0.749.